The maximum Gasteiger partial charge on any atom is 0.200 e. The van der Waals surface area contributed by atoms with E-state index in [0.29, 0.717) is 11.6 Å². The number of aryl methyl sites for hydroxylation is 1. The zero-order chi connectivity index (χ0) is 16.5. The predicted octanol–water partition coefficient (Wildman–Crippen LogP) is 4.39. The van der Waals surface area contributed by atoms with E-state index >= 15 is 0 Å². The first-order valence-electron chi connectivity index (χ1n) is 7.28. The molecule has 0 N–H and O–H groups in total. The SMILES string of the molecule is Cc1ccc(-c2nc(CSc3nnc(-c4ccco4)n3C)cs2)o1. The predicted molar refractivity (Wildman–Crippen MR) is 92.8 cm³/mol. The molecule has 0 amide bonds. The molecule has 4 aromatic rings. The van der Waals surface area contributed by atoms with E-state index in [1.165, 1.54) is 0 Å². The number of hydrogen-bond acceptors (Lipinski definition) is 7. The van der Waals surface area contributed by atoms with Crippen molar-refractivity contribution in [2.45, 2.75) is 17.8 Å². The molecule has 0 bridgehead atoms. The number of furan rings is 2. The van der Waals surface area contributed by atoms with Gasteiger partial charge in [0.25, 0.3) is 0 Å². The van der Waals surface area contributed by atoms with Gasteiger partial charge in [0.2, 0.25) is 0 Å². The number of thiazole rings is 1. The number of aromatic nitrogens is 4. The smallest absolute Gasteiger partial charge is 0.200 e. The maximum absolute atomic E-state index is 5.61. The van der Waals surface area contributed by atoms with E-state index in [0.717, 1.165) is 33.1 Å². The molecule has 0 atom stereocenters. The summed E-state index contributed by atoms with van der Waals surface area (Å²) in [5.41, 5.74) is 0.997. The molecule has 0 aliphatic rings. The number of nitrogens with zero attached hydrogens (tertiary/aromatic N) is 4. The van der Waals surface area contributed by atoms with Gasteiger partial charge in [0.1, 0.15) is 5.76 Å². The molecule has 4 rings (SSSR count). The largest absolute Gasteiger partial charge is 0.461 e. The third kappa shape index (κ3) is 2.90. The third-order valence-corrected chi connectivity index (χ3v) is 5.39. The Morgan fingerprint density at radius 2 is 2.12 bits per heavy atom. The second-order valence-electron chi connectivity index (χ2n) is 5.19. The molecule has 0 radical (unpaired) electrons. The molecule has 0 aromatic carbocycles. The van der Waals surface area contributed by atoms with Crippen molar-refractivity contribution in [3.8, 4) is 22.4 Å². The van der Waals surface area contributed by atoms with Crippen LogP contribution in [0.2, 0.25) is 0 Å². The van der Waals surface area contributed by atoms with Gasteiger partial charge >= 0.3 is 0 Å². The average Bonchev–Trinajstić information content (AvgIpc) is 3.32. The summed E-state index contributed by atoms with van der Waals surface area (Å²) in [6, 6.07) is 7.60. The Hall–Kier alpha value is -2.32. The maximum atomic E-state index is 5.61. The topological polar surface area (TPSA) is 69.9 Å². The van der Waals surface area contributed by atoms with Gasteiger partial charge in [-0.15, -0.1) is 21.5 Å². The van der Waals surface area contributed by atoms with Gasteiger partial charge in [0.05, 0.1) is 12.0 Å². The molecule has 6 nitrogen and oxygen atoms in total. The Labute approximate surface area is 146 Å². The standard InChI is InChI=1S/C16H14N4O2S2/c1-10-5-6-13(22-10)15-17-11(8-23-15)9-24-16-19-18-14(20(16)2)12-4-3-7-21-12/h3-8H,9H2,1-2H3. The van der Waals surface area contributed by atoms with Crippen LogP contribution in [0.15, 0.2) is 49.9 Å². The Morgan fingerprint density at radius 1 is 1.21 bits per heavy atom. The monoisotopic (exact) mass is 358 g/mol. The van der Waals surface area contributed by atoms with Crippen LogP contribution < -0.4 is 0 Å². The average molecular weight is 358 g/mol. The van der Waals surface area contributed by atoms with Crippen molar-refractivity contribution in [3.63, 3.8) is 0 Å². The number of hydrogen-bond donors (Lipinski definition) is 0. The minimum absolute atomic E-state index is 0.709. The normalized spacial score (nSPS) is 11.2. The van der Waals surface area contributed by atoms with Gasteiger partial charge in [0, 0.05) is 18.2 Å². The van der Waals surface area contributed by atoms with Gasteiger partial charge in [-0.25, -0.2) is 4.98 Å². The zero-order valence-electron chi connectivity index (χ0n) is 13.1. The fraction of sp³-hybridized carbons (Fsp3) is 0.188. The van der Waals surface area contributed by atoms with Crippen LogP contribution in [0.1, 0.15) is 11.5 Å². The first kappa shape index (κ1) is 15.2. The van der Waals surface area contributed by atoms with Crippen LogP contribution in [-0.4, -0.2) is 19.7 Å². The highest BCUT2D eigenvalue weighted by Gasteiger charge is 2.14. The summed E-state index contributed by atoms with van der Waals surface area (Å²) >= 11 is 3.18. The molecule has 0 fully saturated rings. The van der Waals surface area contributed by atoms with Gasteiger partial charge in [0.15, 0.2) is 27.5 Å². The van der Waals surface area contributed by atoms with Crippen molar-refractivity contribution in [2.75, 3.05) is 0 Å². The van der Waals surface area contributed by atoms with Crippen molar-refractivity contribution in [1.82, 2.24) is 19.7 Å². The Kier molecular flexibility index (Phi) is 3.99. The molecule has 122 valence electrons. The van der Waals surface area contributed by atoms with E-state index in [1.807, 2.05) is 48.2 Å². The van der Waals surface area contributed by atoms with Crippen LogP contribution in [-0.2, 0) is 12.8 Å². The second-order valence-corrected chi connectivity index (χ2v) is 6.99. The van der Waals surface area contributed by atoms with E-state index < -0.39 is 0 Å². The zero-order valence-corrected chi connectivity index (χ0v) is 14.7. The van der Waals surface area contributed by atoms with E-state index in [4.69, 9.17) is 8.83 Å². The first-order chi connectivity index (χ1) is 11.7. The van der Waals surface area contributed by atoms with Gasteiger partial charge in [-0.1, -0.05) is 11.8 Å². The quantitative estimate of drug-likeness (QED) is 0.493. The number of rotatable bonds is 5. The molecule has 4 aromatic heterocycles. The van der Waals surface area contributed by atoms with Crippen molar-refractivity contribution in [3.05, 3.63) is 47.4 Å². The molecule has 0 aliphatic carbocycles. The van der Waals surface area contributed by atoms with Crippen molar-refractivity contribution in [1.29, 1.82) is 0 Å². The number of thioether (sulfide) groups is 1. The van der Waals surface area contributed by atoms with Crippen molar-refractivity contribution >= 4 is 23.1 Å². The molecule has 8 heteroatoms. The molecule has 0 saturated carbocycles. The summed E-state index contributed by atoms with van der Waals surface area (Å²) in [5, 5.41) is 12.2. The van der Waals surface area contributed by atoms with Crippen LogP contribution in [0.5, 0.6) is 0 Å². The first-order valence-corrected chi connectivity index (χ1v) is 9.14. The minimum atomic E-state index is 0.709. The third-order valence-electron chi connectivity index (χ3n) is 3.43. The van der Waals surface area contributed by atoms with Crippen molar-refractivity contribution in [2.24, 2.45) is 7.05 Å². The molecular weight excluding hydrogens is 344 g/mol. The molecule has 24 heavy (non-hydrogen) atoms. The van der Waals surface area contributed by atoms with Gasteiger partial charge in [-0.05, 0) is 31.2 Å². The summed E-state index contributed by atoms with van der Waals surface area (Å²) in [6.45, 7) is 1.93. The summed E-state index contributed by atoms with van der Waals surface area (Å²) in [5.74, 6) is 3.85. The van der Waals surface area contributed by atoms with Crippen LogP contribution in [0.3, 0.4) is 0 Å². The lowest BCUT2D eigenvalue weighted by Crippen LogP contribution is -1.94. The lowest BCUT2D eigenvalue weighted by Gasteiger charge is -2.00. The van der Waals surface area contributed by atoms with E-state index in [9.17, 15) is 0 Å². The lowest BCUT2D eigenvalue weighted by molar-refractivity contribution is 0.548. The van der Waals surface area contributed by atoms with Crippen LogP contribution in [0.4, 0.5) is 0 Å². The van der Waals surface area contributed by atoms with Gasteiger partial charge < -0.3 is 13.4 Å². The Bertz CT molecular complexity index is 953. The molecule has 0 unspecified atom stereocenters. The molecular formula is C16H14N4O2S2. The summed E-state index contributed by atoms with van der Waals surface area (Å²) in [4.78, 5) is 4.62. The van der Waals surface area contributed by atoms with Gasteiger partial charge in [-0.2, -0.15) is 0 Å². The molecule has 0 spiro atoms. The van der Waals surface area contributed by atoms with E-state index in [1.54, 1.807) is 29.4 Å². The second kappa shape index (κ2) is 6.29. The highest BCUT2D eigenvalue weighted by Crippen LogP contribution is 2.29. The van der Waals surface area contributed by atoms with Crippen molar-refractivity contribution < 1.29 is 8.83 Å². The fourth-order valence-electron chi connectivity index (χ4n) is 2.24. The van der Waals surface area contributed by atoms with Gasteiger partial charge in [-0.3, -0.25) is 0 Å². The summed E-state index contributed by atoms with van der Waals surface area (Å²) in [6.07, 6.45) is 1.63. The van der Waals surface area contributed by atoms with E-state index in [-0.39, 0.29) is 0 Å². The summed E-state index contributed by atoms with van der Waals surface area (Å²) < 4.78 is 12.9. The van der Waals surface area contributed by atoms with Crippen LogP contribution >= 0.6 is 23.1 Å². The molecule has 0 aliphatic heterocycles. The Balaban J connectivity index is 1.47. The molecule has 0 saturated heterocycles. The highest BCUT2D eigenvalue weighted by molar-refractivity contribution is 7.98. The Morgan fingerprint density at radius 3 is 2.88 bits per heavy atom. The lowest BCUT2D eigenvalue weighted by atomic mass is 10.4. The van der Waals surface area contributed by atoms with E-state index in [2.05, 4.69) is 15.2 Å². The van der Waals surface area contributed by atoms with Crippen LogP contribution in [0, 0.1) is 6.92 Å². The van der Waals surface area contributed by atoms with Crippen LogP contribution in [0.25, 0.3) is 22.4 Å². The summed E-state index contributed by atoms with van der Waals surface area (Å²) in [7, 11) is 1.93. The molecule has 4 heterocycles. The fourth-order valence-corrected chi connectivity index (χ4v) is 3.92. The highest BCUT2D eigenvalue weighted by atomic mass is 32.2. The minimum Gasteiger partial charge on any atom is -0.461 e.